The maximum absolute atomic E-state index is 12.9. The van der Waals surface area contributed by atoms with E-state index in [2.05, 4.69) is 36.2 Å². The van der Waals surface area contributed by atoms with Crippen molar-refractivity contribution in [3.8, 4) is 0 Å². The summed E-state index contributed by atoms with van der Waals surface area (Å²) in [5, 5.41) is 3.35. The topological polar surface area (TPSA) is 32.3 Å². The Labute approximate surface area is 138 Å². The molecular formula is C18H28N2OS. The molecule has 0 aromatic heterocycles. The van der Waals surface area contributed by atoms with Gasteiger partial charge in [-0.3, -0.25) is 4.79 Å². The molecule has 0 saturated carbocycles. The summed E-state index contributed by atoms with van der Waals surface area (Å²) < 4.78 is 0. The minimum Gasteiger partial charge on any atom is -0.342 e. The van der Waals surface area contributed by atoms with E-state index in [0.29, 0.717) is 5.91 Å². The Morgan fingerprint density at radius 2 is 2.27 bits per heavy atom. The molecule has 0 spiro atoms. The molecule has 4 heteroatoms. The summed E-state index contributed by atoms with van der Waals surface area (Å²) in [7, 11) is 0. The number of thioether (sulfide) groups is 1. The van der Waals surface area contributed by atoms with Crippen LogP contribution in [0, 0.1) is 11.3 Å². The molecule has 1 amide bonds. The molecule has 3 rings (SSSR count). The van der Waals surface area contributed by atoms with E-state index < -0.39 is 0 Å². The first-order valence-corrected chi connectivity index (χ1v) is 9.57. The molecule has 1 atom stereocenters. The second-order valence-corrected chi connectivity index (χ2v) is 8.57. The van der Waals surface area contributed by atoms with E-state index in [-0.39, 0.29) is 11.3 Å². The first kappa shape index (κ1) is 16.1. The summed E-state index contributed by atoms with van der Waals surface area (Å²) in [6.07, 6.45) is 9.25. The zero-order valence-electron chi connectivity index (χ0n) is 13.9. The molecule has 3 heterocycles. The van der Waals surface area contributed by atoms with Crippen LogP contribution in [0.3, 0.4) is 0 Å². The van der Waals surface area contributed by atoms with Gasteiger partial charge in [-0.25, -0.2) is 0 Å². The molecular weight excluding hydrogens is 292 g/mol. The van der Waals surface area contributed by atoms with Gasteiger partial charge in [0.05, 0.1) is 5.92 Å². The Hall–Kier alpha value is -0.740. The van der Waals surface area contributed by atoms with E-state index in [1.165, 1.54) is 23.3 Å². The van der Waals surface area contributed by atoms with Gasteiger partial charge < -0.3 is 10.2 Å². The highest BCUT2D eigenvalue weighted by Gasteiger charge is 2.32. The molecule has 3 aliphatic heterocycles. The third-order valence-electron chi connectivity index (χ3n) is 4.93. The lowest BCUT2D eigenvalue weighted by Crippen LogP contribution is -2.40. The number of likely N-dealkylation sites (tertiary alicyclic amines) is 1. The van der Waals surface area contributed by atoms with E-state index in [0.717, 1.165) is 44.8 Å². The van der Waals surface area contributed by atoms with Crippen LogP contribution in [0.2, 0.25) is 0 Å². The molecule has 0 bridgehead atoms. The van der Waals surface area contributed by atoms with Crippen molar-refractivity contribution in [2.75, 3.05) is 31.9 Å². The molecule has 1 fully saturated rings. The van der Waals surface area contributed by atoms with Crippen molar-refractivity contribution in [3.63, 3.8) is 0 Å². The van der Waals surface area contributed by atoms with Gasteiger partial charge >= 0.3 is 0 Å². The number of allylic oxidation sites excluding steroid dienone is 1. The minimum absolute atomic E-state index is 0.0877. The molecule has 1 N–H and O–H groups in total. The quantitative estimate of drug-likeness (QED) is 0.848. The molecule has 0 radical (unpaired) electrons. The number of nitrogens with zero attached hydrogens (tertiary/aromatic N) is 1. The van der Waals surface area contributed by atoms with E-state index in [9.17, 15) is 4.79 Å². The molecule has 0 aliphatic carbocycles. The normalized spacial score (nSPS) is 28.8. The van der Waals surface area contributed by atoms with Crippen LogP contribution in [-0.2, 0) is 4.79 Å². The summed E-state index contributed by atoms with van der Waals surface area (Å²) in [5.41, 5.74) is 1.71. The van der Waals surface area contributed by atoms with Gasteiger partial charge in [-0.2, -0.15) is 0 Å². The smallest absolute Gasteiger partial charge is 0.230 e. The molecule has 3 nitrogen and oxygen atoms in total. The molecule has 122 valence electrons. The highest BCUT2D eigenvalue weighted by Crippen LogP contribution is 2.37. The molecule has 0 aromatic rings. The molecule has 1 unspecified atom stereocenters. The lowest BCUT2D eigenvalue weighted by atomic mass is 9.88. The molecule has 1 saturated heterocycles. The summed E-state index contributed by atoms with van der Waals surface area (Å²) in [6.45, 7) is 8.48. The van der Waals surface area contributed by atoms with Crippen molar-refractivity contribution in [2.45, 2.75) is 39.5 Å². The van der Waals surface area contributed by atoms with Crippen molar-refractivity contribution in [1.82, 2.24) is 10.2 Å². The number of carbonyl (C=O) groups excluding carboxylic acids is 1. The van der Waals surface area contributed by atoms with E-state index in [4.69, 9.17) is 0 Å². The Kier molecular flexibility index (Phi) is 4.98. The molecule has 3 aliphatic rings. The number of hydrogen-bond donors (Lipinski definition) is 1. The van der Waals surface area contributed by atoms with Gasteiger partial charge in [-0.1, -0.05) is 32.4 Å². The maximum Gasteiger partial charge on any atom is 0.230 e. The lowest BCUT2D eigenvalue weighted by Gasteiger charge is -2.30. The Bertz CT molecular complexity index is 495. The average molecular weight is 321 g/mol. The fraction of sp³-hybridized carbons (Fsp3) is 0.722. The monoisotopic (exact) mass is 320 g/mol. The highest BCUT2D eigenvalue weighted by atomic mass is 32.2. The Balaban J connectivity index is 1.67. The van der Waals surface area contributed by atoms with E-state index >= 15 is 0 Å². The van der Waals surface area contributed by atoms with Gasteiger partial charge in [0, 0.05) is 30.3 Å². The van der Waals surface area contributed by atoms with Crippen LogP contribution >= 0.6 is 11.8 Å². The summed E-state index contributed by atoms with van der Waals surface area (Å²) in [5.74, 6) is 1.37. The van der Waals surface area contributed by atoms with Crippen LogP contribution in [-0.4, -0.2) is 42.7 Å². The first-order chi connectivity index (χ1) is 10.6. The van der Waals surface area contributed by atoms with Crippen LogP contribution in [0.5, 0.6) is 0 Å². The van der Waals surface area contributed by atoms with Crippen molar-refractivity contribution >= 4 is 17.7 Å². The summed E-state index contributed by atoms with van der Waals surface area (Å²) in [4.78, 5) is 16.4. The second kappa shape index (κ2) is 6.79. The number of carbonyl (C=O) groups is 1. The maximum atomic E-state index is 12.9. The largest absolute Gasteiger partial charge is 0.342 e. The van der Waals surface area contributed by atoms with Crippen LogP contribution < -0.4 is 5.32 Å². The third-order valence-corrected chi connectivity index (χ3v) is 6.17. The van der Waals surface area contributed by atoms with Crippen molar-refractivity contribution in [2.24, 2.45) is 11.3 Å². The van der Waals surface area contributed by atoms with Crippen LogP contribution in [0.1, 0.15) is 39.5 Å². The highest BCUT2D eigenvalue weighted by molar-refractivity contribution is 8.03. The van der Waals surface area contributed by atoms with E-state index in [1.54, 1.807) is 0 Å². The zero-order valence-corrected chi connectivity index (χ0v) is 14.7. The standard InChI is InChI=1S/C18H28N2OS/c1-18(2)7-3-4-10-20(13-18)17(21)15-11-16(22-12-15)14-5-8-19-9-6-14/h5,11,15,19H,3-4,6-10,12-13H2,1-2H3. The van der Waals surface area contributed by atoms with Gasteiger partial charge in [0.25, 0.3) is 0 Å². The van der Waals surface area contributed by atoms with E-state index in [1.807, 2.05) is 11.8 Å². The number of rotatable bonds is 2. The Morgan fingerprint density at radius 1 is 1.41 bits per heavy atom. The molecule has 22 heavy (non-hydrogen) atoms. The van der Waals surface area contributed by atoms with Crippen LogP contribution in [0.4, 0.5) is 0 Å². The average Bonchev–Trinajstić information content (AvgIpc) is 2.93. The van der Waals surface area contributed by atoms with Gasteiger partial charge in [0.2, 0.25) is 5.91 Å². The van der Waals surface area contributed by atoms with Gasteiger partial charge in [0.15, 0.2) is 0 Å². The second-order valence-electron chi connectivity index (χ2n) is 7.51. The zero-order chi connectivity index (χ0) is 15.6. The Morgan fingerprint density at radius 3 is 3.05 bits per heavy atom. The van der Waals surface area contributed by atoms with Crippen LogP contribution in [0.25, 0.3) is 0 Å². The number of amides is 1. The van der Waals surface area contributed by atoms with Gasteiger partial charge in [-0.05, 0) is 36.8 Å². The molecule has 0 aromatic carbocycles. The van der Waals surface area contributed by atoms with Crippen molar-refractivity contribution in [3.05, 3.63) is 22.6 Å². The summed E-state index contributed by atoms with van der Waals surface area (Å²) >= 11 is 1.87. The SMILES string of the molecule is CC1(C)CCCCN(C(=O)C2C=C(C3=CCNCC3)SC2)C1. The van der Waals surface area contributed by atoms with Gasteiger partial charge in [0.1, 0.15) is 0 Å². The number of nitrogens with one attached hydrogen (secondary N) is 1. The number of hydrogen-bond acceptors (Lipinski definition) is 3. The van der Waals surface area contributed by atoms with Crippen LogP contribution in [0.15, 0.2) is 22.6 Å². The predicted octanol–water partition coefficient (Wildman–Crippen LogP) is 3.19. The first-order valence-electron chi connectivity index (χ1n) is 8.59. The van der Waals surface area contributed by atoms with Crippen molar-refractivity contribution in [1.29, 1.82) is 0 Å². The fourth-order valence-electron chi connectivity index (χ4n) is 3.65. The predicted molar refractivity (Wildman–Crippen MR) is 93.8 cm³/mol. The summed E-state index contributed by atoms with van der Waals surface area (Å²) in [6, 6.07) is 0. The third kappa shape index (κ3) is 3.77. The fourth-order valence-corrected chi connectivity index (χ4v) is 4.88. The van der Waals surface area contributed by atoms with Gasteiger partial charge in [-0.15, -0.1) is 11.8 Å². The van der Waals surface area contributed by atoms with Crippen molar-refractivity contribution < 1.29 is 4.79 Å². The lowest BCUT2D eigenvalue weighted by molar-refractivity contribution is -0.134. The minimum atomic E-state index is 0.0877.